The largest absolute Gasteiger partial charge is 0.489 e. The van der Waals surface area contributed by atoms with E-state index in [1.165, 1.54) is 0 Å². The van der Waals surface area contributed by atoms with Crippen LogP contribution in [-0.2, 0) is 18.7 Å². The fourth-order valence-corrected chi connectivity index (χ4v) is 3.47. The van der Waals surface area contributed by atoms with E-state index in [2.05, 4.69) is 34.7 Å². The first-order valence-corrected chi connectivity index (χ1v) is 9.36. The summed E-state index contributed by atoms with van der Waals surface area (Å²) in [6, 6.07) is 15.5. The zero-order valence-corrected chi connectivity index (χ0v) is 16.3. The Bertz CT molecular complexity index is 1010. The standard InChI is InChI=1S/C22H24N4O2/c1-14-15(13-28-16-9-5-4-6-10-16)8-7-11-18(14)24-21(27)19-17-12-23-22(2,3)20(17)26-25-19/h4-11,23H,12-13H2,1-3H3,(H,24,27)(H,25,26). The van der Waals surface area contributed by atoms with Gasteiger partial charge >= 0.3 is 0 Å². The average molecular weight is 376 g/mol. The molecule has 0 atom stereocenters. The van der Waals surface area contributed by atoms with E-state index in [1.54, 1.807) is 0 Å². The highest BCUT2D eigenvalue weighted by atomic mass is 16.5. The van der Waals surface area contributed by atoms with Crippen LogP contribution in [0.15, 0.2) is 48.5 Å². The van der Waals surface area contributed by atoms with E-state index >= 15 is 0 Å². The summed E-state index contributed by atoms with van der Waals surface area (Å²) in [7, 11) is 0. The van der Waals surface area contributed by atoms with Gasteiger partial charge in [0, 0.05) is 17.8 Å². The molecule has 0 radical (unpaired) electrons. The van der Waals surface area contributed by atoms with E-state index in [-0.39, 0.29) is 11.4 Å². The van der Waals surface area contributed by atoms with Gasteiger partial charge in [0.1, 0.15) is 12.4 Å². The van der Waals surface area contributed by atoms with Crippen molar-refractivity contribution >= 4 is 11.6 Å². The maximum absolute atomic E-state index is 12.8. The van der Waals surface area contributed by atoms with Crippen LogP contribution in [0.2, 0.25) is 0 Å². The number of rotatable bonds is 5. The highest BCUT2D eigenvalue weighted by Gasteiger charge is 2.35. The van der Waals surface area contributed by atoms with Crippen molar-refractivity contribution in [1.82, 2.24) is 15.5 Å². The van der Waals surface area contributed by atoms with Gasteiger partial charge in [0.2, 0.25) is 0 Å². The fourth-order valence-electron chi connectivity index (χ4n) is 3.47. The molecule has 1 aliphatic heterocycles. The first kappa shape index (κ1) is 18.3. The SMILES string of the molecule is Cc1c(COc2ccccc2)cccc1NC(=O)c1n[nH]c2c1CNC2(C)C. The molecule has 1 aliphatic rings. The van der Waals surface area contributed by atoms with E-state index in [9.17, 15) is 4.79 Å². The number of para-hydroxylation sites is 1. The molecule has 0 unspecified atom stereocenters. The van der Waals surface area contributed by atoms with E-state index in [1.807, 2.05) is 55.5 Å². The van der Waals surface area contributed by atoms with Crippen molar-refractivity contribution in [1.29, 1.82) is 0 Å². The van der Waals surface area contributed by atoms with Crippen LogP contribution < -0.4 is 15.4 Å². The molecule has 3 aromatic rings. The van der Waals surface area contributed by atoms with Crippen LogP contribution >= 0.6 is 0 Å². The number of nitrogens with one attached hydrogen (secondary N) is 3. The summed E-state index contributed by atoms with van der Waals surface area (Å²) < 4.78 is 5.85. The number of anilines is 1. The summed E-state index contributed by atoms with van der Waals surface area (Å²) in [5.74, 6) is 0.611. The second-order valence-electron chi connectivity index (χ2n) is 7.55. The molecule has 144 valence electrons. The number of hydrogen-bond donors (Lipinski definition) is 3. The number of fused-ring (bicyclic) bond motifs is 1. The molecule has 1 amide bonds. The summed E-state index contributed by atoms with van der Waals surface area (Å²) in [5, 5.41) is 13.7. The Hall–Kier alpha value is -3.12. The Labute approximate surface area is 164 Å². The van der Waals surface area contributed by atoms with Gasteiger partial charge in [-0.2, -0.15) is 5.10 Å². The van der Waals surface area contributed by atoms with Crippen LogP contribution in [0.25, 0.3) is 0 Å². The minimum absolute atomic E-state index is 0.203. The van der Waals surface area contributed by atoms with Gasteiger partial charge in [-0.1, -0.05) is 30.3 Å². The normalized spacial score (nSPS) is 14.5. The lowest BCUT2D eigenvalue weighted by molar-refractivity contribution is 0.102. The zero-order valence-electron chi connectivity index (χ0n) is 16.3. The molecule has 1 aromatic heterocycles. The third kappa shape index (κ3) is 3.39. The lowest BCUT2D eigenvalue weighted by Crippen LogP contribution is -2.29. The second kappa shape index (κ2) is 7.13. The number of carbonyl (C=O) groups is 1. The molecule has 0 bridgehead atoms. The number of nitrogens with zero attached hydrogens (tertiary/aromatic N) is 1. The third-order valence-electron chi connectivity index (χ3n) is 5.25. The molecular weight excluding hydrogens is 352 g/mol. The van der Waals surface area contributed by atoms with E-state index < -0.39 is 0 Å². The van der Waals surface area contributed by atoms with Crippen molar-refractivity contribution in [3.8, 4) is 5.75 Å². The molecule has 6 heteroatoms. The summed E-state index contributed by atoms with van der Waals surface area (Å²) >= 11 is 0. The smallest absolute Gasteiger partial charge is 0.276 e. The number of aromatic amines is 1. The van der Waals surface area contributed by atoms with Crippen LogP contribution in [0.4, 0.5) is 5.69 Å². The average Bonchev–Trinajstić information content (AvgIpc) is 3.24. The molecule has 0 saturated carbocycles. The Morgan fingerprint density at radius 2 is 1.96 bits per heavy atom. The van der Waals surface area contributed by atoms with Crippen molar-refractivity contribution in [2.45, 2.75) is 39.5 Å². The predicted octanol–water partition coefficient (Wildman–Crippen LogP) is 3.89. The van der Waals surface area contributed by atoms with Crippen LogP contribution in [0, 0.1) is 6.92 Å². The summed E-state index contributed by atoms with van der Waals surface area (Å²) in [5.41, 5.74) is 4.92. The van der Waals surface area contributed by atoms with Crippen LogP contribution in [0.5, 0.6) is 5.75 Å². The Balaban J connectivity index is 1.50. The minimum Gasteiger partial charge on any atom is -0.489 e. The molecule has 0 spiro atoms. The molecule has 4 rings (SSSR count). The maximum atomic E-state index is 12.8. The van der Waals surface area contributed by atoms with Crippen molar-refractivity contribution in [2.75, 3.05) is 5.32 Å². The molecular formula is C22H24N4O2. The highest BCUT2D eigenvalue weighted by molar-refractivity contribution is 6.04. The number of benzene rings is 2. The van der Waals surface area contributed by atoms with Gasteiger partial charge in [-0.05, 0) is 50.1 Å². The third-order valence-corrected chi connectivity index (χ3v) is 5.25. The van der Waals surface area contributed by atoms with Crippen LogP contribution in [-0.4, -0.2) is 16.1 Å². The number of H-pyrrole nitrogens is 1. The van der Waals surface area contributed by atoms with Gasteiger partial charge in [-0.25, -0.2) is 0 Å². The second-order valence-corrected chi connectivity index (χ2v) is 7.55. The monoisotopic (exact) mass is 376 g/mol. The minimum atomic E-state index is -0.207. The first-order chi connectivity index (χ1) is 13.5. The van der Waals surface area contributed by atoms with Gasteiger partial charge in [-0.15, -0.1) is 0 Å². The van der Waals surface area contributed by atoms with Crippen molar-refractivity contribution in [3.05, 3.63) is 76.6 Å². The number of amides is 1. The molecule has 0 fully saturated rings. The number of aromatic nitrogens is 2. The van der Waals surface area contributed by atoms with E-state index in [0.29, 0.717) is 18.8 Å². The summed E-state index contributed by atoms with van der Waals surface area (Å²) in [6.45, 7) is 7.19. The van der Waals surface area contributed by atoms with E-state index in [0.717, 1.165) is 33.8 Å². The highest BCUT2D eigenvalue weighted by Crippen LogP contribution is 2.31. The lowest BCUT2D eigenvalue weighted by Gasteiger charge is -2.17. The molecule has 0 saturated heterocycles. The Kier molecular flexibility index (Phi) is 4.65. The topological polar surface area (TPSA) is 79.0 Å². The van der Waals surface area contributed by atoms with Crippen LogP contribution in [0.3, 0.4) is 0 Å². The summed E-state index contributed by atoms with van der Waals surface area (Å²) in [4.78, 5) is 12.8. The van der Waals surface area contributed by atoms with Gasteiger partial charge in [-0.3, -0.25) is 9.89 Å². The van der Waals surface area contributed by atoms with Crippen molar-refractivity contribution in [3.63, 3.8) is 0 Å². The van der Waals surface area contributed by atoms with Gasteiger partial charge in [0.15, 0.2) is 5.69 Å². The fraction of sp³-hybridized carbons (Fsp3) is 0.273. The van der Waals surface area contributed by atoms with E-state index in [4.69, 9.17) is 4.74 Å². The van der Waals surface area contributed by atoms with Gasteiger partial charge in [0.05, 0.1) is 11.2 Å². The Morgan fingerprint density at radius 3 is 2.75 bits per heavy atom. The molecule has 6 nitrogen and oxygen atoms in total. The number of hydrogen-bond acceptors (Lipinski definition) is 4. The molecule has 2 aromatic carbocycles. The van der Waals surface area contributed by atoms with Crippen molar-refractivity contribution in [2.24, 2.45) is 0 Å². The zero-order chi connectivity index (χ0) is 19.7. The number of ether oxygens (including phenoxy) is 1. The van der Waals surface area contributed by atoms with Crippen LogP contribution in [0.1, 0.15) is 46.7 Å². The molecule has 3 N–H and O–H groups in total. The first-order valence-electron chi connectivity index (χ1n) is 9.36. The lowest BCUT2D eigenvalue weighted by atomic mass is 10.0. The molecule has 28 heavy (non-hydrogen) atoms. The maximum Gasteiger partial charge on any atom is 0.276 e. The van der Waals surface area contributed by atoms with Gasteiger partial charge in [0.25, 0.3) is 5.91 Å². The molecule has 0 aliphatic carbocycles. The molecule has 2 heterocycles. The van der Waals surface area contributed by atoms with Crippen molar-refractivity contribution < 1.29 is 9.53 Å². The quantitative estimate of drug-likeness (QED) is 0.631. The predicted molar refractivity (Wildman–Crippen MR) is 108 cm³/mol. The Morgan fingerprint density at radius 1 is 1.18 bits per heavy atom. The van der Waals surface area contributed by atoms with Gasteiger partial charge < -0.3 is 15.4 Å². The number of carbonyl (C=O) groups excluding carboxylic acids is 1. The summed E-state index contributed by atoms with van der Waals surface area (Å²) in [6.07, 6.45) is 0.